The highest BCUT2D eigenvalue weighted by atomic mass is 19.1. The molecule has 0 aliphatic carbocycles. The van der Waals surface area contributed by atoms with E-state index in [4.69, 9.17) is 24.5 Å². The molecule has 2 unspecified atom stereocenters. The average molecular weight is 567 g/mol. The summed E-state index contributed by atoms with van der Waals surface area (Å²) in [5.74, 6) is -4.20. The lowest BCUT2D eigenvalue weighted by Crippen LogP contribution is -2.54. The number of benzene rings is 3. The number of nitrogens with zero attached hydrogens (tertiary/aromatic N) is 2. The van der Waals surface area contributed by atoms with Gasteiger partial charge >= 0.3 is 11.9 Å². The van der Waals surface area contributed by atoms with E-state index < -0.39 is 11.9 Å². The molecule has 3 aromatic rings. The van der Waals surface area contributed by atoms with E-state index in [9.17, 15) is 8.78 Å². The van der Waals surface area contributed by atoms with Crippen LogP contribution in [-0.2, 0) is 20.7 Å². The van der Waals surface area contributed by atoms with Crippen molar-refractivity contribution in [3.05, 3.63) is 107 Å². The number of fused-ring (bicyclic) bond motifs is 2. The molecule has 0 aromatic heterocycles. The van der Waals surface area contributed by atoms with Gasteiger partial charge < -0.3 is 14.9 Å². The molecule has 0 spiro atoms. The molecule has 0 saturated carbocycles. The fourth-order valence-corrected chi connectivity index (χ4v) is 5.70. The molecule has 41 heavy (non-hydrogen) atoms. The van der Waals surface area contributed by atoms with Gasteiger partial charge in [0.2, 0.25) is 0 Å². The zero-order valence-electron chi connectivity index (χ0n) is 22.9. The van der Waals surface area contributed by atoms with Crippen molar-refractivity contribution in [1.29, 1.82) is 0 Å². The number of hydrogen-bond acceptors (Lipinski definition) is 5. The molecule has 218 valence electrons. The van der Waals surface area contributed by atoms with E-state index in [0.717, 1.165) is 37.2 Å². The standard InChI is InChI=1S/C30H34F2N2O.C2H2O4/c31-26-12-8-24(9-13-26)30(25-10-14-27(32)15-11-25)35-20-19-33-21-28-16-17-29(22-33)34(28)18-4-7-23-5-2-1-3-6-23;3-1(4)2(5)6/h1-3,5-6,8-15,28-30H,4,7,16-22H2;(H,3,4)(H,5,6). The minimum atomic E-state index is -1.82. The van der Waals surface area contributed by atoms with Crippen molar-refractivity contribution in [2.24, 2.45) is 0 Å². The molecular formula is C32H36F2N2O5. The Labute approximate surface area is 239 Å². The topological polar surface area (TPSA) is 90.3 Å². The van der Waals surface area contributed by atoms with E-state index >= 15 is 0 Å². The lowest BCUT2D eigenvalue weighted by molar-refractivity contribution is -0.159. The summed E-state index contributed by atoms with van der Waals surface area (Å²) < 4.78 is 33.3. The van der Waals surface area contributed by atoms with Gasteiger partial charge in [-0.3, -0.25) is 9.80 Å². The van der Waals surface area contributed by atoms with E-state index in [1.54, 1.807) is 24.3 Å². The van der Waals surface area contributed by atoms with Crippen molar-refractivity contribution in [2.45, 2.75) is 43.9 Å². The number of hydrogen-bond donors (Lipinski definition) is 2. The van der Waals surface area contributed by atoms with Crippen LogP contribution >= 0.6 is 0 Å². The van der Waals surface area contributed by atoms with E-state index in [1.807, 2.05) is 0 Å². The molecular weight excluding hydrogens is 530 g/mol. The lowest BCUT2D eigenvalue weighted by Gasteiger charge is -2.41. The maximum atomic E-state index is 13.5. The molecule has 2 aliphatic rings. The maximum absolute atomic E-state index is 13.5. The van der Waals surface area contributed by atoms with Gasteiger partial charge in [0.1, 0.15) is 17.7 Å². The van der Waals surface area contributed by atoms with Crippen LogP contribution in [0.5, 0.6) is 0 Å². The van der Waals surface area contributed by atoms with E-state index in [1.165, 1.54) is 55.6 Å². The number of likely N-dealkylation sites (tertiary alicyclic amines) is 1. The van der Waals surface area contributed by atoms with Crippen molar-refractivity contribution in [1.82, 2.24) is 9.80 Å². The van der Waals surface area contributed by atoms with Crippen molar-refractivity contribution in [3.63, 3.8) is 0 Å². The van der Waals surface area contributed by atoms with Gasteiger partial charge in [-0.1, -0.05) is 54.6 Å². The Balaban J connectivity index is 0.000000585. The summed E-state index contributed by atoms with van der Waals surface area (Å²) in [5, 5.41) is 14.8. The van der Waals surface area contributed by atoms with Crippen LogP contribution in [0, 0.1) is 11.6 Å². The number of aryl methyl sites for hydroxylation is 1. The Kier molecular flexibility index (Phi) is 11.0. The summed E-state index contributed by atoms with van der Waals surface area (Å²) >= 11 is 0. The zero-order chi connectivity index (χ0) is 29.2. The largest absolute Gasteiger partial charge is 0.473 e. The highest BCUT2D eigenvalue weighted by Crippen LogP contribution is 2.31. The van der Waals surface area contributed by atoms with Gasteiger partial charge in [-0.25, -0.2) is 18.4 Å². The van der Waals surface area contributed by atoms with Crippen LogP contribution in [0.2, 0.25) is 0 Å². The number of ether oxygens (including phenoxy) is 1. The van der Waals surface area contributed by atoms with Gasteiger partial charge in [-0.2, -0.15) is 0 Å². The molecule has 0 radical (unpaired) electrons. The van der Waals surface area contributed by atoms with E-state index in [0.29, 0.717) is 18.7 Å². The van der Waals surface area contributed by atoms with Gasteiger partial charge in [0.05, 0.1) is 6.61 Å². The second kappa shape index (κ2) is 14.8. The highest BCUT2D eigenvalue weighted by molar-refractivity contribution is 6.27. The Morgan fingerprint density at radius 3 is 1.78 bits per heavy atom. The summed E-state index contributed by atoms with van der Waals surface area (Å²) in [4.78, 5) is 23.5. The van der Waals surface area contributed by atoms with Crippen LogP contribution in [0.25, 0.3) is 0 Å². The minimum Gasteiger partial charge on any atom is -0.473 e. The Morgan fingerprint density at radius 1 is 0.780 bits per heavy atom. The van der Waals surface area contributed by atoms with E-state index in [-0.39, 0.29) is 17.7 Å². The second-order valence-corrected chi connectivity index (χ2v) is 10.4. The van der Waals surface area contributed by atoms with Crippen molar-refractivity contribution >= 4 is 11.9 Å². The molecule has 2 fully saturated rings. The molecule has 3 aromatic carbocycles. The molecule has 2 saturated heterocycles. The molecule has 7 nitrogen and oxygen atoms in total. The van der Waals surface area contributed by atoms with Crippen molar-refractivity contribution in [3.8, 4) is 0 Å². The molecule has 2 aliphatic heterocycles. The summed E-state index contributed by atoms with van der Waals surface area (Å²) in [5.41, 5.74) is 3.18. The van der Waals surface area contributed by atoms with Gasteiger partial charge in [0, 0.05) is 31.7 Å². The molecule has 2 atom stereocenters. The number of carboxylic acids is 2. The smallest absolute Gasteiger partial charge is 0.414 e. The van der Waals surface area contributed by atoms with Gasteiger partial charge in [-0.15, -0.1) is 0 Å². The third kappa shape index (κ3) is 8.91. The van der Waals surface area contributed by atoms with Gasteiger partial charge in [0.25, 0.3) is 0 Å². The number of halogens is 2. The SMILES string of the molecule is Fc1ccc(C(OCCN2CC3CCC(C2)N3CCCc2ccccc2)c2ccc(F)cc2)cc1.O=C(O)C(=O)O. The third-order valence-electron chi connectivity index (χ3n) is 7.65. The fourth-order valence-electron chi connectivity index (χ4n) is 5.70. The minimum absolute atomic E-state index is 0.274. The first kappa shape index (κ1) is 30.3. The number of carboxylic acid groups (broad SMARTS) is 2. The van der Waals surface area contributed by atoms with Crippen LogP contribution in [0.15, 0.2) is 78.9 Å². The zero-order valence-corrected chi connectivity index (χ0v) is 22.9. The van der Waals surface area contributed by atoms with Crippen molar-refractivity contribution < 1.29 is 33.3 Å². The van der Waals surface area contributed by atoms with Gasteiger partial charge in [-0.05, 0) is 73.2 Å². The number of carbonyl (C=O) groups is 2. The van der Waals surface area contributed by atoms with Crippen molar-refractivity contribution in [2.75, 3.05) is 32.8 Å². The van der Waals surface area contributed by atoms with Crippen LogP contribution in [0.4, 0.5) is 8.78 Å². The number of aliphatic carboxylic acids is 2. The summed E-state index contributed by atoms with van der Waals surface area (Å²) in [7, 11) is 0. The predicted octanol–water partition coefficient (Wildman–Crippen LogP) is 5.01. The van der Waals surface area contributed by atoms with Crippen LogP contribution in [0.1, 0.15) is 42.1 Å². The average Bonchev–Trinajstić information content (AvgIpc) is 3.20. The summed E-state index contributed by atoms with van der Waals surface area (Å²) in [6.07, 6.45) is 4.56. The van der Waals surface area contributed by atoms with Crippen LogP contribution in [0.3, 0.4) is 0 Å². The molecule has 0 amide bonds. The Hall–Kier alpha value is -3.66. The van der Waals surface area contributed by atoms with Gasteiger partial charge in [0.15, 0.2) is 0 Å². The summed E-state index contributed by atoms with van der Waals surface area (Å²) in [6, 6.07) is 24.8. The molecule has 2 N–H and O–H groups in total. The third-order valence-corrected chi connectivity index (χ3v) is 7.65. The molecule has 5 rings (SSSR count). The Morgan fingerprint density at radius 2 is 1.29 bits per heavy atom. The first-order valence-corrected chi connectivity index (χ1v) is 13.9. The lowest BCUT2D eigenvalue weighted by atomic mass is 10.0. The molecule has 9 heteroatoms. The Bertz CT molecular complexity index is 1190. The molecule has 2 heterocycles. The van der Waals surface area contributed by atoms with E-state index in [2.05, 4.69) is 40.1 Å². The maximum Gasteiger partial charge on any atom is 0.414 e. The fraction of sp³-hybridized carbons (Fsp3) is 0.375. The normalized spacial score (nSPS) is 18.6. The number of rotatable bonds is 10. The predicted molar refractivity (Wildman–Crippen MR) is 151 cm³/mol. The quantitative estimate of drug-likeness (QED) is 0.334. The van der Waals surface area contributed by atoms with Crippen LogP contribution in [-0.4, -0.2) is 76.8 Å². The number of piperazine rings is 1. The summed E-state index contributed by atoms with van der Waals surface area (Å²) in [6.45, 7) is 4.79. The monoisotopic (exact) mass is 566 g/mol. The van der Waals surface area contributed by atoms with Crippen LogP contribution < -0.4 is 0 Å². The highest BCUT2D eigenvalue weighted by Gasteiger charge is 2.39. The second-order valence-electron chi connectivity index (χ2n) is 10.4. The molecule has 2 bridgehead atoms. The first-order chi connectivity index (χ1) is 19.8. The first-order valence-electron chi connectivity index (χ1n) is 13.9.